The van der Waals surface area contributed by atoms with E-state index in [-0.39, 0.29) is 5.41 Å². The first-order valence-corrected chi connectivity index (χ1v) is 16.3. The second kappa shape index (κ2) is 10.6. The van der Waals surface area contributed by atoms with Gasteiger partial charge in [0.1, 0.15) is 5.58 Å². The van der Waals surface area contributed by atoms with Crippen LogP contribution in [0.5, 0.6) is 0 Å². The Hall–Kier alpha value is -5.86. The van der Waals surface area contributed by atoms with Crippen LogP contribution in [0.2, 0.25) is 0 Å². The molecule has 0 fully saturated rings. The first kappa shape index (κ1) is 27.5. The minimum Gasteiger partial charge on any atom is -0.453 e. The van der Waals surface area contributed by atoms with Crippen LogP contribution in [0.3, 0.4) is 0 Å². The molecule has 224 valence electrons. The topological polar surface area (TPSA) is 16.4 Å². The van der Waals surface area contributed by atoms with Crippen LogP contribution in [-0.2, 0) is 5.41 Å². The van der Waals surface area contributed by atoms with Crippen molar-refractivity contribution in [1.29, 1.82) is 0 Å². The van der Waals surface area contributed by atoms with E-state index < -0.39 is 0 Å². The number of fused-ring (bicyclic) bond motifs is 7. The molecule has 47 heavy (non-hydrogen) atoms. The fourth-order valence-corrected chi connectivity index (χ4v) is 7.50. The lowest BCUT2D eigenvalue weighted by molar-refractivity contribution is 0.653. The van der Waals surface area contributed by atoms with Crippen LogP contribution in [0, 0.1) is 0 Å². The molecule has 1 heterocycles. The molecule has 8 aromatic rings. The van der Waals surface area contributed by atoms with Gasteiger partial charge in [-0.15, -0.1) is 0 Å². The number of hydrogen-bond acceptors (Lipinski definition) is 2. The Bertz CT molecular complexity index is 2320. The van der Waals surface area contributed by atoms with Crippen LogP contribution in [0.4, 0.5) is 17.1 Å². The Kier molecular flexibility index (Phi) is 6.20. The summed E-state index contributed by atoms with van der Waals surface area (Å²) in [6.45, 7) is 4.63. The standard InChI is InChI=1S/C45H33NO/c1-45(2)39-18-10-9-16-38(39)42-40(45)29-28-37-36-17-11-19-41(43(36)47-44(37)42)46(34-24-20-32(21-25-34)30-12-5-3-6-13-30)35-26-22-33(23-27-35)31-14-7-4-8-15-31/h3-29H,1-2H3. The SMILES string of the molecule is CC1(C)c2ccccc2-c2c1ccc1c2oc2c(N(c3ccc(-c4ccccc4)cc3)c3ccc(-c4ccccc4)cc3)cccc21. The molecular formula is C45H33NO. The highest BCUT2D eigenvalue weighted by molar-refractivity contribution is 6.15. The first-order chi connectivity index (χ1) is 23.1. The lowest BCUT2D eigenvalue weighted by atomic mass is 9.82. The Labute approximate surface area is 275 Å². The van der Waals surface area contributed by atoms with Gasteiger partial charge in [-0.2, -0.15) is 0 Å². The zero-order chi connectivity index (χ0) is 31.5. The van der Waals surface area contributed by atoms with Crippen LogP contribution >= 0.6 is 0 Å². The average molecular weight is 604 g/mol. The van der Waals surface area contributed by atoms with Gasteiger partial charge in [0.15, 0.2) is 5.58 Å². The summed E-state index contributed by atoms with van der Waals surface area (Å²) in [6.07, 6.45) is 0. The van der Waals surface area contributed by atoms with E-state index in [1.807, 2.05) is 0 Å². The molecule has 0 spiro atoms. The Morgan fingerprint density at radius 3 is 1.57 bits per heavy atom. The third-order valence-corrected chi connectivity index (χ3v) is 9.90. The molecule has 1 aliphatic rings. The average Bonchev–Trinajstić information content (AvgIpc) is 3.63. The van der Waals surface area contributed by atoms with Crippen molar-refractivity contribution in [2.24, 2.45) is 0 Å². The molecule has 0 amide bonds. The van der Waals surface area contributed by atoms with Crippen molar-refractivity contribution in [3.63, 3.8) is 0 Å². The lowest BCUT2D eigenvalue weighted by Gasteiger charge is -2.26. The molecule has 0 saturated carbocycles. The smallest absolute Gasteiger partial charge is 0.159 e. The number of anilines is 3. The summed E-state index contributed by atoms with van der Waals surface area (Å²) in [5, 5.41) is 2.27. The van der Waals surface area contributed by atoms with Crippen molar-refractivity contribution in [1.82, 2.24) is 0 Å². The second-order valence-electron chi connectivity index (χ2n) is 13.0. The van der Waals surface area contributed by atoms with E-state index in [1.165, 1.54) is 44.5 Å². The molecular weight excluding hydrogens is 571 g/mol. The predicted octanol–water partition coefficient (Wildman–Crippen LogP) is 12.7. The van der Waals surface area contributed by atoms with Crippen molar-refractivity contribution in [3.05, 3.63) is 175 Å². The van der Waals surface area contributed by atoms with Gasteiger partial charge >= 0.3 is 0 Å². The van der Waals surface area contributed by atoms with Crippen LogP contribution in [0.25, 0.3) is 55.3 Å². The number of nitrogens with zero attached hydrogens (tertiary/aromatic N) is 1. The van der Waals surface area contributed by atoms with E-state index in [0.29, 0.717) is 0 Å². The van der Waals surface area contributed by atoms with Gasteiger partial charge in [-0.25, -0.2) is 0 Å². The van der Waals surface area contributed by atoms with Gasteiger partial charge in [0.2, 0.25) is 0 Å². The van der Waals surface area contributed by atoms with Gasteiger partial charge in [0.25, 0.3) is 0 Å². The summed E-state index contributed by atoms with van der Waals surface area (Å²) in [6, 6.07) is 58.6. The summed E-state index contributed by atoms with van der Waals surface area (Å²) < 4.78 is 7.05. The monoisotopic (exact) mass is 603 g/mol. The molecule has 2 nitrogen and oxygen atoms in total. The fourth-order valence-electron chi connectivity index (χ4n) is 7.50. The lowest BCUT2D eigenvalue weighted by Crippen LogP contribution is -2.14. The second-order valence-corrected chi connectivity index (χ2v) is 13.0. The predicted molar refractivity (Wildman–Crippen MR) is 197 cm³/mol. The van der Waals surface area contributed by atoms with Gasteiger partial charge in [-0.1, -0.05) is 147 Å². The number of para-hydroxylation sites is 1. The van der Waals surface area contributed by atoms with E-state index in [2.05, 4.69) is 183 Å². The molecule has 0 atom stereocenters. The maximum absolute atomic E-state index is 7.05. The molecule has 0 aliphatic heterocycles. The van der Waals surface area contributed by atoms with E-state index in [4.69, 9.17) is 4.42 Å². The van der Waals surface area contributed by atoms with E-state index in [9.17, 15) is 0 Å². The third-order valence-electron chi connectivity index (χ3n) is 9.90. The van der Waals surface area contributed by atoms with Crippen LogP contribution in [0.15, 0.2) is 168 Å². The largest absolute Gasteiger partial charge is 0.453 e. The minimum atomic E-state index is -0.0883. The summed E-state index contributed by atoms with van der Waals surface area (Å²) in [5.74, 6) is 0. The fraction of sp³-hybridized carbons (Fsp3) is 0.0667. The van der Waals surface area contributed by atoms with Crippen molar-refractivity contribution in [2.45, 2.75) is 19.3 Å². The summed E-state index contributed by atoms with van der Waals surface area (Å²) >= 11 is 0. The van der Waals surface area contributed by atoms with Crippen molar-refractivity contribution in [3.8, 4) is 33.4 Å². The zero-order valence-electron chi connectivity index (χ0n) is 26.4. The number of hydrogen-bond donors (Lipinski definition) is 0. The molecule has 0 radical (unpaired) electrons. The third kappa shape index (κ3) is 4.33. The van der Waals surface area contributed by atoms with Crippen LogP contribution < -0.4 is 4.90 Å². The summed E-state index contributed by atoms with van der Waals surface area (Å²) in [5.41, 5.74) is 14.8. The zero-order valence-corrected chi connectivity index (χ0v) is 26.4. The van der Waals surface area contributed by atoms with Gasteiger partial charge in [0.05, 0.1) is 5.69 Å². The van der Waals surface area contributed by atoms with Crippen molar-refractivity contribution >= 4 is 39.0 Å². The molecule has 0 saturated heterocycles. The number of rotatable bonds is 5. The van der Waals surface area contributed by atoms with E-state index >= 15 is 0 Å². The summed E-state index contributed by atoms with van der Waals surface area (Å²) in [4.78, 5) is 2.33. The highest BCUT2D eigenvalue weighted by Crippen LogP contribution is 2.53. The minimum absolute atomic E-state index is 0.0883. The highest BCUT2D eigenvalue weighted by atomic mass is 16.3. The molecule has 2 heteroatoms. The molecule has 1 aliphatic carbocycles. The first-order valence-electron chi connectivity index (χ1n) is 16.3. The van der Waals surface area contributed by atoms with Gasteiger partial charge < -0.3 is 9.32 Å². The quantitative estimate of drug-likeness (QED) is 0.195. The van der Waals surface area contributed by atoms with Crippen molar-refractivity contribution in [2.75, 3.05) is 4.90 Å². The molecule has 1 aromatic heterocycles. The van der Waals surface area contributed by atoms with E-state index in [0.717, 1.165) is 39.0 Å². The Morgan fingerprint density at radius 2 is 0.957 bits per heavy atom. The number of furan rings is 1. The molecule has 0 unspecified atom stereocenters. The molecule has 0 bridgehead atoms. The van der Waals surface area contributed by atoms with E-state index in [1.54, 1.807) is 0 Å². The normalized spacial score (nSPS) is 13.1. The van der Waals surface area contributed by atoms with Gasteiger partial charge in [0, 0.05) is 33.1 Å². The highest BCUT2D eigenvalue weighted by Gasteiger charge is 2.37. The molecule has 0 N–H and O–H groups in total. The summed E-state index contributed by atoms with van der Waals surface area (Å²) in [7, 11) is 0. The Morgan fingerprint density at radius 1 is 0.426 bits per heavy atom. The molecule has 7 aromatic carbocycles. The Balaban J connectivity index is 1.25. The maximum atomic E-state index is 7.05. The van der Waals surface area contributed by atoms with Crippen molar-refractivity contribution < 1.29 is 4.42 Å². The van der Waals surface area contributed by atoms with Gasteiger partial charge in [-0.3, -0.25) is 0 Å². The number of benzene rings is 7. The maximum Gasteiger partial charge on any atom is 0.159 e. The van der Waals surface area contributed by atoms with Crippen LogP contribution in [0.1, 0.15) is 25.0 Å². The van der Waals surface area contributed by atoms with Crippen LogP contribution in [-0.4, -0.2) is 0 Å². The molecule has 9 rings (SSSR count). The van der Waals surface area contributed by atoms with Gasteiger partial charge in [-0.05, 0) is 69.3 Å².